The second-order valence-corrected chi connectivity index (χ2v) is 7.74. The van der Waals surface area contributed by atoms with Crippen molar-refractivity contribution >= 4 is 45.8 Å². The highest BCUT2D eigenvalue weighted by atomic mass is 16.5. The third-order valence-corrected chi connectivity index (χ3v) is 5.41. The minimum absolute atomic E-state index is 0.393. The molecule has 5 N–H and O–H groups in total. The van der Waals surface area contributed by atoms with Gasteiger partial charge >= 0.3 is 0 Å². The van der Waals surface area contributed by atoms with Crippen LogP contribution in [-0.4, -0.2) is 52.1 Å². The van der Waals surface area contributed by atoms with Crippen molar-refractivity contribution in [1.82, 2.24) is 19.9 Å². The molecule has 168 valence electrons. The summed E-state index contributed by atoms with van der Waals surface area (Å²) in [6, 6.07) is 12.9. The highest BCUT2D eigenvalue weighted by Crippen LogP contribution is 2.29. The number of para-hydroxylation sites is 1. The minimum Gasteiger partial charge on any atom is -0.378 e. The van der Waals surface area contributed by atoms with Crippen LogP contribution < -0.4 is 21.3 Å². The SMILES string of the molecule is Cc1nc2c(Nc3ccccc3C(N)=O)cc(Nc3ccc(N4CCOCC4)cn3)nc2[nH]1. The number of benzene rings is 1. The predicted molar refractivity (Wildman–Crippen MR) is 127 cm³/mol. The lowest BCUT2D eigenvalue weighted by Gasteiger charge is -2.28. The Bertz CT molecular complexity index is 1300. The number of nitrogens with two attached hydrogens (primary N) is 1. The number of hydrogen-bond acceptors (Lipinski definition) is 8. The molecule has 1 aliphatic heterocycles. The molecular weight excluding hydrogens is 420 g/mol. The maximum absolute atomic E-state index is 11.8. The first kappa shape index (κ1) is 20.7. The van der Waals surface area contributed by atoms with Gasteiger partial charge in [0.1, 0.15) is 23.0 Å². The third kappa shape index (κ3) is 4.41. The molecule has 1 saturated heterocycles. The van der Waals surface area contributed by atoms with Gasteiger partial charge in [-0.05, 0) is 31.2 Å². The van der Waals surface area contributed by atoms with E-state index >= 15 is 0 Å². The Kier molecular flexibility index (Phi) is 5.49. The number of rotatable bonds is 6. The van der Waals surface area contributed by atoms with E-state index in [9.17, 15) is 4.79 Å². The zero-order chi connectivity index (χ0) is 22.8. The molecule has 1 aliphatic rings. The van der Waals surface area contributed by atoms with Crippen LogP contribution in [-0.2, 0) is 4.74 Å². The number of ether oxygens (including phenoxy) is 1. The summed E-state index contributed by atoms with van der Waals surface area (Å²) in [6.45, 7) is 5.02. The normalized spacial score (nSPS) is 13.8. The van der Waals surface area contributed by atoms with E-state index in [-0.39, 0.29) is 0 Å². The summed E-state index contributed by atoms with van der Waals surface area (Å²) in [5, 5.41) is 6.54. The van der Waals surface area contributed by atoms with Crippen LogP contribution >= 0.6 is 0 Å². The molecule has 1 aromatic carbocycles. The van der Waals surface area contributed by atoms with E-state index < -0.39 is 5.91 Å². The topological polar surface area (TPSA) is 134 Å². The Morgan fingerprint density at radius 1 is 1.06 bits per heavy atom. The molecule has 0 unspecified atom stereocenters. The first-order valence-electron chi connectivity index (χ1n) is 10.7. The molecule has 0 spiro atoms. The van der Waals surface area contributed by atoms with E-state index in [2.05, 4.69) is 35.5 Å². The fourth-order valence-electron chi connectivity index (χ4n) is 3.82. The minimum atomic E-state index is -0.510. The molecule has 5 rings (SSSR count). The number of aromatic amines is 1. The van der Waals surface area contributed by atoms with Gasteiger partial charge in [-0.15, -0.1) is 0 Å². The smallest absolute Gasteiger partial charge is 0.250 e. The predicted octanol–water partition coefficient (Wildman–Crippen LogP) is 3.08. The quantitative estimate of drug-likeness (QED) is 0.356. The number of pyridine rings is 2. The second kappa shape index (κ2) is 8.75. The van der Waals surface area contributed by atoms with Gasteiger partial charge in [-0.1, -0.05) is 12.1 Å². The van der Waals surface area contributed by atoms with Crippen molar-refractivity contribution in [2.45, 2.75) is 6.92 Å². The number of morpholine rings is 1. The number of anilines is 5. The van der Waals surface area contributed by atoms with Gasteiger partial charge in [-0.2, -0.15) is 0 Å². The Morgan fingerprint density at radius 3 is 2.64 bits per heavy atom. The average molecular weight is 444 g/mol. The molecule has 1 amide bonds. The van der Waals surface area contributed by atoms with Crippen molar-refractivity contribution < 1.29 is 9.53 Å². The number of imidazole rings is 1. The van der Waals surface area contributed by atoms with Gasteiger partial charge in [0.05, 0.1) is 42.0 Å². The van der Waals surface area contributed by atoms with Crippen molar-refractivity contribution in [3.05, 3.63) is 60.0 Å². The van der Waals surface area contributed by atoms with Crippen molar-refractivity contribution in [2.75, 3.05) is 41.8 Å². The zero-order valence-electron chi connectivity index (χ0n) is 18.1. The van der Waals surface area contributed by atoms with Crippen LogP contribution in [0.1, 0.15) is 16.2 Å². The van der Waals surface area contributed by atoms with E-state index in [1.807, 2.05) is 37.4 Å². The number of nitrogens with zero attached hydrogens (tertiary/aromatic N) is 4. The van der Waals surface area contributed by atoms with Gasteiger partial charge in [0, 0.05) is 19.2 Å². The summed E-state index contributed by atoms with van der Waals surface area (Å²) in [6.07, 6.45) is 1.84. The zero-order valence-corrected chi connectivity index (χ0v) is 18.1. The monoisotopic (exact) mass is 444 g/mol. The van der Waals surface area contributed by atoms with Gasteiger partial charge in [0.15, 0.2) is 5.65 Å². The lowest BCUT2D eigenvalue weighted by atomic mass is 10.1. The summed E-state index contributed by atoms with van der Waals surface area (Å²) in [5.74, 6) is 1.47. The summed E-state index contributed by atoms with van der Waals surface area (Å²) >= 11 is 0. The van der Waals surface area contributed by atoms with Gasteiger partial charge in [0.2, 0.25) is 0 Å². The van der Waals surface area contributed by atoms with E-state index in [4.69, 9.17) is 10.5 Å². The van der Waals surface area contributed by atoms with Gasteiger partial charge in [-0.3, -0.25) is 4.79 Å². The molecule has 0 radical (unpaired) electrons. The highest BCUT2D eigenvalue weighted by Gasteiger charge is 2.15. The van der Waals surface area contributed by atoms with Crippen LogP contribution in [0.4, 0.5) is 28.7 Å². The third-order valence-electron chi connectivity index (χ3n) is 5.41. The van der Waals surface area contributed by atoms with Crippen LogP contribution in [0.5, 0.6) is 0 Å². The molecule has 10 nitrogen and oxygen atoms in total. The highest BCUT2D eigenvalue weighted by molar-refractivity contribution is 6.00. The molecule has 0 bridgehead atoms. The molecule has 3 aromatic heterocycles. The van der Waals surface area contributed by atoms with E-state index in [0.29, 0.717) is 39.7 Å². The number of fused-ring (bicyclic) bond motifs is 1. The van der Waals surface area contributed by atoms with E-state index in [1.54, 1.807) is 18.2 Å². The summed E-state index contributed by atoms with van der Waals surface area (Å²) in [7, 11) is 0. The number of primary amides is 1. The van der Waals surface area contributed by atoms with Crippen LogP contribution in [0, 0.1) is 6.92 Å². The summed E-state index contributed by atoms with van der Waals surface area (Å²) in [4.78, 5) is 31.0. The molecule has 10 heteroatoms. The van der Waals surface area contributed by atoms with Crippen molar-refractivity contribution in [3.63, 3.8) is 0 Å². The van der Waals surface area contributed by atoms with Crippen LogP contribution in [0.3, 0.4) is 0 Å². The number of nitrogens with one attached hydrogen (secondary N) is 3. The molecule has 4 aromatic rings. The van der Waals surface area contributed by atoms with E-state index in [1.165, 1.54) is 0 Å². The Balaban J connectivity index is 1.44. The number of aromatic nitrogens is 4. The Morgan fingerprint density at radius 2 is 1.88 bits per heavy atom. The number of amides is 1. The molecule has 0 atom stereocenters. The van der Waals surface area contributed by atoms with Gasteiger partial charge < -0.3 is 31.0 Å². The fourth-order valence-corrected chi connectivity index (χ4v) is 3.82. The van der Waals surface area contributed by atoms with Crippen LogP contribution in [0.25, 0.3) is 11.2 Å². The van der Waals surface area contributed by atoms with E-state index in [0.717, 1.165) is 37.8 Å². The number of carbonyl (C=O) groups excluding carboxylic acids is 1. The first-order chi connectivity index (χ1) is 16.1. The molecule has 4 heterocycles. The second-order valence-electron chi connectivity index (χ2n) is 7.74. The molecule has 33 heavy (non-hydrogen) atoms. The van der Waals surface area contributed by atoms with Crippen molar-refractivity contribution in [3.8, 4) is 0 Å². The lowest BCUT2D eigenvalue weighted by molar-refractivity contribution is 0.100. The maximum Gasteiger partial charge on any atom is 0.250 e. The largest absolute Gasteiger partial charge is 0.378 e. The van der Waals surface area contributed by atoms with Gasteiger partial charge in [0.25, 0.3) is 5.91 Å². The Hall–Kier alpha value is -4.18. The summed E-state index contributed by atoms with van der Waals surface area (Å²) < 4.78 is 5.41. The standard InChI is InChI=1S/C23H24N8O2/c1-14-26-21-18(28-17-5-3-2-4-16(17)22(24)32)12-20(30-23(21)27-14)29-19-7-6-15(13-25-19)31-8-10-33-11-9-31/h2-7,12-13H,8-11H2,1H3,(H2,24,32)(H3,25,26,27,28,29,30). The summed E-state index contributed by atoms with van der Waals surface area (Å²) in [5.41, 5.74) is 9.54. The van der Waals surface area contributed by atoms with Crippen LogP contribution in [0.2, 0.25) is 0 Å². The fraction of sp³-hybridized carbons (Fsp3) is 0.217. The molecular formula is C23H24N8O2. The number of aryl methyl sites for hydroxylation is 1. The molecule has 0 saturated carbocycles. The van der Waals surface area contributed by atoms with Crippen molar-refractivity contribution in [2.24, 2.45) is 5.73 Å². The molecule has 1 fully saturated rings. The number of hydrogen-bond donors (Lipinski definition) is 4. The number of H-pyrrole nitrogens is 1. The maximum atomic E-state index is 11.8. The average Bonchev–Trinajstić information content (AvgIpc) is 3.21. The first-order valence-corrected chi connectivity index (χ1v) is 10.7. The Labute approximate surface area is 190 Å². The van der Waals surface area contributed by atoms with Crippen molar-refractivity contribution in [1.29, 1.82) is 0 Å². The van der Waals surface area contributed by atoms with Crippen LogP contribution in [0.15, 0.2) is 48.7 Å². The lowest BCUT2D eigenvalue weighted by Crippen LogP contribution is -2.36. The number of carbonyl (C=O) groups is 1. The molecule has 0 aliphatic carbocycles. The van der Waals surface area contributed by atoms with Gasteiger partial charge in [-0.25, -0.2) is 15.0 Å².